The average molecular weight is 395 g/mol. The number of aromatic nitrogens is 3. The molecule has 3 heterocycles. The van der Waals surface area contributed by atoms with Crippen molar-refractivity contribution < 1.29 is 8.42 Å². The molecule has 0 bridgehead atoms. The molecule has 1 fully saturated rings. The molecule has 144 valence electrons. The van der Waals surface area contributed by atoms with Crippen LogP contribution in [0.25, 0.3) is 11.4 Å². The Kier molecular flexibility index (Phi) is 5.06. The second-order valence-electron chi connectivity index (χ2n) is 6.70. The van der Waals surface area contributed by atoms with E-state index in [1.54, 1.807) is 24.4 Å². The molecule has 1 aliphatic heterocycles. The molecular weight excluding hydrogens is 374 g/mol. The summed E-state index contributed by atoms with van der Waals surface area (Å²) in [6.45, 7) is 3.87. The summed E-state index contributed by atoms with van der Waals surface area (Å²) in [7, 11) is -3.47. The number of pyridine rings is 1. The molecule has 0 atom stereocenters. The van der Waals surface area contributed by atoms with Crippen LogP contribution in [-0.4, -0.2) is 54.1 Å². The van der Waals surface area contributed by atoms with Crippen molar-refractivity contribution in [3.05, 3.63) is 66.4 Å². The molecule has 0 amide bonds. The van der Waals surface area contributed by atoms with Crippen LogP contribution in [0.1, 0.15) is 5.56 Å². The molecule has 1 aliphatic rings. The SMILES string of the molecule is Cc1cccc(S(=O)(=O)N2CCN(c3ccc(-c4ccccn4)nn3)CC2)c1. The lowest BCUT2D eigenvalue weighted by molar-refractivity contribution is 0.383. The zero-order chi connectivity index (χ0) is 19.6. The van der Waals surface area contributed by atoms with Crippen LogP contribution >= 0.6 is 0 Å². The summed E-state index contributed by atoms with van der Waals surface area (Å²) in [5, 5.41) is 8.57. The van der Waals surface area contributed by atoms with Crippen LogP contribution in [0.5, 0.6) is 0 Å². The molecule has 1 aromatic carbocycles. The summed E-state index contributed by atoms with van der Waals surface area (Å²) < 4.78 is 27.2. The van der Waals surface area contributed by atoms with Gasteiger partial charge < -0.3 is 4.90 Å². The van der Waals surface area contributed by atoms with Gasteiger partial charge in [-0.2, -0.15) is 4.31 Å². The molecule has 7 nitrogen and oxygen atoms in total. The summed E-state index contributed by atoms with van der Waals surface area (Å²) in [4.78, 5) is 6.67. The monoisotopic (exact) mass is 395 g/mol. The van der Waals surface area contributed by atoms with E-state index < -0.39 is 10.0 Å². The molecule has 0 N–H and O–H groups in total. The van der Waals surface area contributed by atoms with Gasteiger partial charge in [-0.25, -0.2) is 8.42 Å². The Hall–Kier alpha value is -2.84. The van der Waals surface area contributed by atoms with Crippen LogP contribution in [0.15, 0.2) is 65.7 Å². The molecular formula is C20H21N5O2S. The number of sulfonamides is 1. The van der Waals surface area contributed by atoms with Gasteiger partial charge in [-0.05, 0) is 48.9 Å². The Morgan fingerprint density at radius 3 is 2.32 bits per heavy atom. The van der Waals surface area contributed by atoms with Gasteiger partial charge in [0.25, 0.3) is 0 Å². The van der Waals surface area contributed by atoms with Crippen LogP contribution in [0, 0.1) is 6.92 Å². The Labute approximate surface area is 164 Å². The highest BCUT2D eigenvalue weighted by molar-refractivity contribution is 7.89. The first-order valence-electron chi connectivity index (χ1n) is 9.11. The number of nitrogens with zero attached hydrogens (tertiary/aromatic N) is 5. The van der Waals surface area contributed by atoms with E-state index in [1.807, 2.05) is 43.3 Å². The summed E-state index contributed by atoms with van der Waals surface area (Å²) in [5.74, 6) is 0.743. The predicted octanol–water partition coefficient (Wildman–Crippen LogP) is 2.36. The van der Waals surface area contributed by atoms with E-state index in [1.165, 1.54) is 4.31 Å². The molecule has 1 saturated heterocycles. The van der Waals surface area contributed by atoms with Crippen LogP contribution in [0.3, 0.4) is 0 Å². The lowest BCUT2D eigenvalue weighted by Gasteiger charge is -2.34. The molecule has 3 aromatic rings. The molecule has 2 aromatic heterocycles. The first-order chi connectivity index (χ1) is 13.5. The Balaban J connectivity index is 1.44. The number of piperazine rings is 1. The lowest BCUT2D eigenvalue weighted by atomic mass is 10.2. The smallest absolute Gasteiger partial charge is 0.243 e. The van der Waals surface area contributed by atoms with E-state index in [9.17, 15) is 8.42 Å². The normalized spacial score (nSPS) is 15.5. The van der Waals surface area contributed by atoms with Crippen molar-refractivity contribution in [2.24, 2.45) is 0 Å². The highest BCUT2D eigenvalue weighted by Gasteiger charge is 2.29. The third-order valence-corrected chi connectivity index (χ3v) is 6.66. The van der Waals surface area contributed by atoms with Crippen molar-refractivity contribution >= 4 is 15.8 Å². The molecule has 0 spiro atoms. The second-order valence-corrected chi connectivity index (χ2v) is 8.64. The minimum absolute atomic E-state index is 0.348. The summed E-state index contributed by atoms with van der Waals surface area (Å²) in [6, 6.07) is 16.5. The Bertz CT molecular complexity index is 1050. The van der Waals surface area contributed by atoms with Gasteiger partial charge in [-0.3, -0.25) is 4.98 Å². The maximum Gasteiger partial charge on any atom is 0.243 e. The standard InChI is InChI=1S/C20H21N5O2S/c1-16-5-4-6-17(15-16)28(26,27)25-13-11-24(12-14-25)20-9-8-19(22-23-20)18-7-2-3-10-21-18/h2-10,15H,11-14H2,1H3. The minimum atomic E-state index is -3.47. The third-order valence-electron chi connectivity index (χ3n) is 4.77. The highest BCUT2D eigenvalue weighted by Crippen LogP contribution is 2.21. The molecule has 0 radical (unpaired) electrons. The molecule has 0 aliphatic carbocycles. The van der Waals surface area contributed by atoms with Gasteiger partial charge in [-0.15, -0.1) is 10.2 Å². The largest absolute Gasteiger partial charge is 0.352 e. The number of aryl methyl sites for hydroxylation is 1. The van der Waals surface area contributed by atoms with E-state index in [0.717, 1.165) is 17.1 Å². The number of anilines is 1. The number of hydrogen-bond acceptors (Lipinski definition) is 6. The average Bonchev–Trinajstić information content (AvgIpc) is 2.75. The molecule has 4 rings (SSSR count). The van der Waals surface area contributed by atoms with Gasteiger partial charge >= 0.3 is 0 Å². The first-order valence-corrected chi connectivity index (χ1v) is 10.5. The van der Waals surface area contributed by atoms with E-state index >= 15 is 0 Å². The summed E-state index contributed by atoms with van der Waals surface area (Å²) >= 11 is 0. The van der Waals surface area contributed by atoms with E-state index in [4.69, 9.17) is 0 Å². The fraction of sp³-hybridized carbons (Fsp3) is 0.250. The van der Waals surface area contributed by atoms with Crippen molar-refractivity contribution in [3.8, 4) is 11.4 Å². The molecule has 8 heteroatoms. The maximum atomic E-state index is 12.9. The van der Waals surface area contributed by atoms with Crippen LogP contribution in [-0.2, 0) is 10.0 Å². The molecule has 0 saturated carbocycles. The summed E-state index contributed by atoms with van der Waals surface area (Å²) in [5.41, 5.74) is 2.42. The predicted molar refractivity (Wildman–Crippen MR) is 107 cm³/mol. The fourth-order valence-electron chi connectivity index (χ4n) is 3.23. The second kappa shape index (κ2) is 7.65. The number of hydrogen-bond donors (Lipinski definition) is 0. The fourth-order valence-corrected chi connectivity index (χ4v) is 4.75. The Morgan fingerprint density at radius 1 is 0.857 bits per heavy atom. The first kappa shape index (κ1) is 18.5. The van der Waals surface area contributed by atoms with Gasteiger partial charge in [-0.1, -0.05) is 18.2 Å². The van der Waals surface area contributed by atoms with Crippen LogP contribution in [0.2, 0.25) is 0 Å². The van der Waals surface area contributed by atoms with Crippen molar-refractivity contribution in [2.75, 3.05) is 31.1 Å². The summed E-state index contributed by atoms with van der Waals surface area (Å²) in [6.07, 6.45) is 1.72. The van der Waals surface area contributed by atoms with Crippen molar-refractivity contribution in [1.29, 1.82) is 0 Å². The van der Waals surface area contributed by atoms with Crippen molar-refractivity contribution in [2.45, 2.75) is 11.8 Å². The van der Waals surface area contributed by atoms with Gasteiger partial charge in [0.05, 0.1) is 10.6 Å². The topological polar surface area (TPSA) is 79.3 Å². The van der Waals surface area contributed by atoms with Gasteiger partial charge in [0.1, 0.15) is 5.69 Å². The van der Waals surface area contributed by atoms with E-state index in [0.29, 0.717) is 36.8 Å². The lowest BCUT2D eigenvalue weighted by Crippen LogP contribution is -2.49. The maximum absolute atomic E-state index is 12.9. The highest BCUT2D eigenvalue weighted by atomic mass is 32.2. The molecule has 0 unspecified atom stereocenters. The number of rotatable bonds is 4. The zero-order valence-electron chi connectivity index (χ0n) is 15.6. The molecule has 28 heavy (non-hydrogen) atoms. The quantitative estimate of drug-likeness (QED) is 0.675. The van der Waals surface area contributed by atoms with Crippen LogP contribution < -0.4 is 4.90 Å². The van der Waals surface area contributed by atoms with Gasteiger partial charge in [0, 0.05) is 32.4 Å². The van der Waals surface area contributed by atoms with Crippen molar-refractivity contribution in [1.82, 2.24) is 19.5 Å². The van der Waals surface area contributed by atoms with Gasteiger partial charge in [0.2, 0.25) is 10.0 Å². The number of benzene rings is 1. The van der Waals surface area contributed by atoms with Gasteiger partial charge in [0.15, 0.2) is 5.82 Å². The zero-order valence-corrected chi connectivity index (χ0v) is 16.4. The Morgan fingerprint density at radius 2 is 1.68 bits per heavy atom. The van der Waals surface area contributed by atoms with Crippen LogP contribution in [0.4, 0.5) is 5.82 Å². The third kappa shape index (κ3) is 3.74. The van der Waals surface area contributed by atoms with Crippen molar-refractivity contribution in [3.63, 3.8) is 0 Å². The van der Waals surface area contributed by atoms with E-state index in [2.05, 4.69) is 20.1 Å². The van der Waals surface area contributed by atoms with E-state index in [-0.39, 0.29) is 0 Å². The minimum Gasteiger partial charge on any atom is -0.352 e.